The first-order valence-corrected chi connectivity index (χ1v) is 4.24. The number of carbonyl (C=O) groups is 1. The van der Waals surface area contributed by atoms with E-state index < -0.39 is 12.0 Å². The zero-order valence-corrected chi connectivity index (χ0v) is 7.71. The standard InChI is InChI=1S/C8H18N2O2/c1-6(2)5-7(8(11)12)10-4-3-9/h6-7,10H,3-5,9H2,1-2H3,(H,11,12). The molecule has 0 aliphatic heterocycles. The number of nitrogens with one attached hydrogen (secondary N) is 1. The molecular weight excluding hydrogens is 156 g/mol. The fraction of sp³-hybridized carbons (Fsp3) is 0.875. The normalized spacial score (nSPS) is 13.3. The topological polar surface area (TPSA) is 75.3 Å². The molecule has 0 aromatic heterocycles. The van der Waals surface area contributed by atoms with E-state index in [4.69, 9.17) is 10.8 Å². The van der Waals surface area contributed by atoms with Gasteiger partial charge in [-0.3, -0.25) is 4.79 Å². The highest BCUT2D eigenvalue weighted by Gasteiger charge is 2.16. The summed E-state index contributed by atoms with van der Waals surface area (Å²) in [5.74, 6) is -0.409. The Kier molecular flexibility index (Phi) is 5.66. The molecule has 0 fully saturated rings. The van der Waals surface area contributed by atoms with E-state index in [1.165, 1.54) is 0 Å². The molecule has 0 rings (SSSR count). The van der Waals surface area contributed by atoms with Crippen LogP contribution in [0.1, 0.15) is 20.3 Å². The van der Waals surface area contributed by atoms with E-state index in [9.17, 15) is 4.79 Å². The van der Waals surface area contributed by atoms with Crippen molar-refractivity contribution >= 4 is 5.97 Å². The van der Waals surface area contributed by atoms with E-state index in [2.05, 4.69) is 5.32 Å². The minimum atomic E-state index is -0.794. The van der Waals surface area contributed by atoms with E-state index in [0.29, 0.717) is 25.4 Å². The second-order valence-electron chi connectivity index (χ2n) is 3.26. The zero-order chi connectivity index (χ0) is 9.56. The van der Waals surface area contributed by atoms with Gasteiger partial charge in [-0.15, -0.1) is 0 Å². The summed E-state index contributed by atoms with van der Waals surface area (Å²) in [7, 11) is 0. The number of carboxylic acid groups (broad SMARTS) is 1. The van der Waals surface area contributed by atoms with E-state index >= 15 is 0 Å². The Balaban J connectivity index is 3.78. The second-order valence-corrected chi connectivity index (χ2v) is 3.26. The van der Waals surface area contributed by atoms with Crippen LogP contribution in [0.3, 0.4) is 0 Å². The highest BCUT2D eigenvalue weighted by atomic mass is 16.4. The lowest BCUT2D eigenvalue weighted by Gasteiger charge is -2.15. The van der Waals surface area contributed by atoms with Crippen molar-refractivity contribution in [1.82, 2.24) is 5.32 Å². The van der Waals surface area contributed by atoms with E-state index in [0.717, 1.165) is 0 Å². The van der Waals surface area contributed by atoms with Crippen LogP contribution in [0.5, 0.6) is 0 Å². The van der Waals surface area contributed by atoms with Crippen molar-refractivity contribution in [3.63, 3.8) is 0 Å². The van der Waals surface area contributed by atoms with Crippen LogP contribution >= 0.6 is 0 Å². The van der Waals surface area contributed by atoms with Gasteiger partial charge < -0.3 is 16.2 Å². The van der Waals surface area contributed by atoms with Crippen LogP contribution in [-0.4, -0.2) is 30.2 Å². The van der Waals surface area contributed by atoms with Gasteiger partial charge in [-0.05, 0) is 12.3 Å². The highest BCUT2D eigenvalue weighted by Crippen LogP contribution is 2.04. The van der Waals surface area contributed by atoms with Crippen LogP contribution in [0, 0.1) is 5.92 Å². The first kappa shape index (κ1) is 11.4. The third-order valence-electron chi connectivity index (χ3n) is 1.54. The van der Waals surface area contributed by atoms with Crippen LogP contribution in [0.25, 0.3) is 0 Å². The van der Waals surface area contributed by atoms with Crippen LogP contribution in [0.15, 0.2) is 0 Å². The maximum Gasteiger partial charge on any atom is 0.320 e. The highest BCUT2D eigenvalue weighted by molar-refractivity contribution is 5.73. The van der Waals surface area contributed by atoms with Gasteiger partial charge in [0, 0.05) is 13.1 Å². The van der Waals surface area contributed by atoms with Gasteiger partial charge in [0.1, 0.15) is 6.04 Å². The number of hydrogen-bond donors (Lipinski definition) is 3. The third-order valence-corrected chi connectivity index (χ3v) is 1.54. The van der Waals surface area contributed by atoms with Crippen LogP contribution in [0.4, 0.5) is 0 Å². The fourth-order valence-corrected chi connectivity index (χ4v) is 1.00. The summed E-state index contributed by atoms with van der Waals surface area (Å²) < 4.78 is 0. The number of rotatable bonds is 6. The first-order chi connectivity index (χ1) is 5.57. The predicted molar refractivity (Wildman–Crippen MR) is 47.9 cm³/mol. The van der Waals surface area contributed by atoms with Gasteiger partial charge in [0.15, 0.2) is 0 Å². The van der Waals surface area contributed by atoms with E-state index in [-0.39, 0.29) is 0 Å². The Morgan fingerprint density at radius 3 is 2.50 bits per heavy atom. The van der Waals surface area contributed by atoms with Gasteiger partial charge in [0.2, 0.25) is 0 Å². The van der Waals surface area contributed by atoms with Crippen molar-refractivity contribution < 1.29 is 9.90 Å². The maximum atomic E-state index is 10.6. The van der Waals surface area contributed by atoms with Gasteiger partial charge >= 0.3 is 5.97 Å². The summed E-state index contributed by atoms with van der Waals surface area (Å²) in [6.45, 7) is 5.03. The summed E-state index contributed by atoms with van der Waals surface area (Å²) in [4.78, 5) is 10.6. The van der Waals surface area contributed by atoms with Crippen LogP contribution < -0.4 is 11.1 Å². The summed E-state index contributed by atoms with van der Waals surface area (Å²) in [6, 6.07) is -0.450. The summed E-state index contributed by atoms with van der Waals surface area (Å²) in [6.07, 6.45) is 0.648. The number of hydrogen-bond acceptors (Lipinski definition) is 3. The average Bonchev–Trinajstić information content (AvgIpc) is 1.96. The molecule has 72 valence electrons. The van der Waals surface area contributed by atoms with Crippen molar-refractivity contribution in [2.75, 3.05) is 13.1 Å². The first-order valence-electron chi connectivity index (χ1n) is 4.24. The van der Waals surface area contributed by atoms with Gasteiger partial charge in [0.25, 0.3) is 0 Å². The smallest absolute Gasteiger partial charge is 0.320 e. The summed E-state index contributed by atoms with van der Waals surface area (Å²) in [5.41, 5.74) is 5.25. The minimum absolute atomic E-state index is 0.386. The fourth-order valence-electron chi connectivity index (χ4n) is 1.00. The molecule has 0 bridgehead atoms. The lowest BCUT2D eigenvalue weighted by molar-refractivity contribution is -0.139. The Morgan fingerprint density at radius 2 is 2.17 bits per heavy atom. The summed E-state index contributed by atoms with van der Waals surface area (Å²) >= 11 is 0. The molecule has 0 heterocycles. The quantitative estimate of drug-likeness (QED) is 0.531. The molecule has 0 aliphatic rings. The van der Waals surface area contributed by atoms with Crippen molar-refractivity contribution in [2.45, 2.75) is 26.3 Å². The zero-order valence-electron chi connectivity index (χ0n) is 7.71. The monoisotopic (exact) mass is 174 g/mol. The molecule has 0 saturated heterocycles. The van der Waals surface area contributed by atoms with Crippen molar-refractivity contribution in [3.8, 4) is 0 Å². The molecule has 4 N–H and O–H groups in total. The molecule has 0 spiro atoms. The van der Waals surface area contributed by atoms with Crippen molar-refractivity contribution in [1.29, 1.82) is 0 Å². The van der Waals surface area contributed by atoms with Crippen LogP contribution in [-0.2, 0) is 4.79 Å². The second kappa shape index (κ2) is 5.97. The molecule has 12 heavy (non-hydrogen) atoms. The molecular formula is C8H18N2O2. The molecule has 0 saturated carbocycles. The average molecular weight is 174 g/mol. The van der Waals surface area contributed by atoms with Gasteiger partial charge in [-0.2, -0.15) is 0 Å². The van der Waals surface area contributed by atoms with Gasteiger partial charge in [-0.25, -0.2) is 0 Å². The Labute approximate surface area is 73.1 Å². The Bertz CT molecular complexity index is 137. The molecule has 4 heteroatoms. The van der Waals surface area contributed by atoms with Crippen LogP contribution in [0.2, 0.25) is 0 Å². The molecule has 1 atom stereocenters. The molecule has 0 aliphatic carbocycles. The number of aliphatic carboxylic acids is 1. The molecule has 0 aromatic rings. The number of carboxylic acids is 1. The lowest BCUT2D eigenvalue weighted by atomic mass is 10.0. The Hall–Kier alpha value is -0.610. The molecule has 0 amide bonds. The predicted octanol–water partition coefficient (Wildman–Crippen LogP) is 0.0340. The minimum Gasteiger partial charge on any atom is -0.480 e. The van der Waals surface area contributed by atoms with Crippen molar-refractivity contribution in [3.05, 3.63) is 0 Å². The molecule has 0 radical (unpaired) electrons. The van der Waals surface area contributed by atoms with E-state index in [1.807, 2.05) is 13.8 Å². The maximum absolute atomic E-state index is 10.6. The molecule has 4 nitrogen and oxygen atoms in total. The SMILES string of the molecule is CC(C)CC(NCCN)C(=O)O. The lowest BCUT2D eigenvalue weighted by Crippen LogP contribution is -2.40. The molecule has 1 unspecified atom stereocenters. The Morgan fingerprint density at radius 1 is 1.58 bits per heavy atom. The van der Waals surface area contributed by atoms with Gasteiger partial charge in [0.05, 0.1) is 0 Å². The van der Waals surface area contributed by atoms with E-state index in [1.54, 1.807) is 0 Å². The van der Waals surface area contributed by atoms with Gasteiger partial charge in [-0.1, -0.05) is 13.8 Å². The van der Waals surface area contributed by atoms with Crippen molar-refractivity contribution in [2.24, 2.45) is 11.7 Å². The largest absolute Gasteiger partial charge is 0.480 e. The molecule has 0 aromatic carbocycles. The summed E-state index contributed by atoms with van der Waals surface area (Å²) in [5, 5.41) is 11.6. The third kappa shape index (κ3) is 5.09. The number of nitrogens with two attached hydrogens (primary N) is 1.